The first-order valence-corrected chi connectivity index (χ1v) is 9.56. The van der Waals surface area contributed by atoms with Crippen molar-refractivity contribution in [2.24, 2.45) is 0 Å². The molecule has 0 saturated heterocycles. The molecule has 0 N–H and O–H groups in total. The molecule has 0 amide bonds. The van der Waals surface area contributed by atoms with Gasteiger partial charge in [-0.2, -0.15) is 4.68 Å². The molecule has 6 nitrogen and oxygen atoms in total. The van der Waals surface area contributed by atoms with Crippen molar-refractivity contribution in [2.75, 3.05) is 12.9 Å². The van der Waals surface area contributed by atoms with Gasteiger partial charge in [-0.3, -0.25) is 4.79 Å². The van der Waals surface area contributed by atoms with Crippen molar-refractivity contribution < 1.29 is 9.53 Å². The summed E-state index contributed by atoms with van der Waals surface area (Å²) in [6.45, 7) is 7.97. The molecule has 140 valence electrons. The van der Waals surface area contributed by atoms with Gasteiger partial charge in [0.15, 0.2) is 5.78 Å². The fourth-order valence-electron chi connectivity index (χ4n) is 3.21. The molecule has 0 fully saturated rings. The van der Waals surface area contributed by atoms with Gasteiger partial charge in [-0.05, 0) is 66.9 Å². The standard InChI is InChI=1S/C20H22N4O2S/c1-12-6-7-18(26-5)16(10-12)24-20(21-22-23-24)27-11-17(25)19-14(3)8-13(2)9-15(19)4/h6-10H,11H2,1-5H3. The number of nitrogens with zero attached hydrogens (tertiary/aromatic N) is 4. The predicted molar refractivity (Wildman–Crippen MR) is 106 cm³/mol. The molecule has 27 heavy (non-hydrogen) atoms. The van der Waals surface area contributed by atoms with Crippen molar-refractivity contribution in [3.8, 4) is 11.4 Å². The average molecular weight is 382 g/mol. The van der Waals surface area contributed by atoms with E-state index in [1.807, 2.05) is 58.0 Å². The highest BCUT2D eigenvalue weighted by Crippen LogP contribution is 2.28. The van der Waals surface area contributed by atoms with Gasteiger partial charge in [-0.15, -0.1) is 5.10 Å². The Hall–Kier alpha value is -2.67. The molecule has 1 heterocycles. The number of carbonyl (C=O) groups excluding carboxylic acids is 1. The summed E-state index contributed by atoms with van der Waals surface area (Å²) in [4.78, 5) is 12.8. The Kier molecular flexibility index (Phi) is 5.60. The molecule has 0 aliphatic heterocycles. The van der Waals surface area contributed by atoms with Crippen LogP contribution < -0.4 is 4.74 Å². The highest BCUT2D eigenvalue weighted by Gasteiger charge is 2.18. The number of thioether (sulfide) groups is 1. The Labute approximate surface area is 162 Å². The normalized spacial score (nSPS) is 10.9. The van der Waals surface area contributed by atoms with Crippen molar-refractivity contribution >= 4 is 17.5 Å². The fourth-order valence-corrected chi connectivity index (χ4v) is 3.96. The predicted octanol–water partition coefficient (Wildman–Crippen LogP) is 3.88. The first kappa shape index (κ1) is 19.1. The molecule has 0 radical (unpaired) electrons. The minimum Gasteiger partial charge on any atom is -0.494 e. The quantitative estimate of drug-likeness (QED) is 0.476. The number of hydrogen-bond acceptors (Lipinski definition) is 6. The zero-order valence-electron chi connectivity index (χ0n) is 16.1. The van der Waals surface area contributed by atoms with Crippen LogP contribution in [0.2, 0.25) is 0 Å². The third-order valence-corrected chi connectivity index (χ3v) is 5.21. The van der Waals surface area contributed by atoms with E-state index in [0.717, 1.165) is 33.5 Å². The van der Waals surface area contributed by atoms with Crippen molar-refractivity contribution in [3.63, 3.8) is 0 Å². The number of ether oxygens (including phenoxy) is 1. The van der Waals surface area contributed by atoms with Gasteiger partial charge in [-0.25, -0.2) is 0 Å². The highest BCUT2D eigenvalue weighted by atomic mass is 32.2. The number of aromatic nitrogens is 4. The van der Waals surface area contributed by atoms with Crippen LogP contribution in [-0.2, 0) is 0 Å². The molecule has 0 unspecified atom stereocenters. The highest BCUT2D eigenvalue weighted by molar-refractivity contribution is 7.99. The number of rotatable bonds is 6. The lowest BCUT2D eigenvalue weighted by atomic mass is 9.97. The van der Waals surface area contributed by atoms with E-state index in [0.29, 0.717) is 10.9 Å². The van der Waals surface area contributed by atoms with Crippen LogP contribution in [-0.4, -0.2) is 38.9 Å². The molecule has 0 aliphatic carbocycles. The Morgan fingerprint density at radius 3 is 2.44 bits per heavy atom. The molecule has 0 saturated carbocycles. The number of benzene rings is 2. The summed E-state index contributed by atoms with van der Waals surface area (Å²) in [6.07, 6.45) is 0. The summed E-state index contributed by atoms with van der Waals surface area (Å²) >= 11 is 1.32. The van der Waals surface area contributed by atoms with Gasteiger partial charge in [0.1, 0.15) is 11.4 Å². The fraction of sp³-hybridized carbons (Fsp3) is 0.300. The maximum Gasteiger partial charge on any atom is 0.214 e. The summed E-state index contributed by atoms with van der Waals surface area (Å²) in [7, 11) is 1.61. The molecule has 3 rings (SSSR count). The Balaban J connectivity index is 1.85. The summed E-state index contributed by atoms with van der Waals surface area (Å²) < 4.78 is 7.03. The van der Waals surface area contributed by atoms with Crippen LogP contribution in [0.25, 0.3) is 5.69 Å². The van der Waals surface area contributed by atoms with Gasteiger partial charge in [0.05, 0.1) is 12.9 Å². The van der Waals surface area contributed by atoms with Gasteiger partial charge in [0.2, 0.25) is 5.16 Å². The van der Waals surface area contributed by atoms with E-state index < -0.39 is 0 Å². The second-order valence-corrected chi connectivity index (χ2v) is 7.48. The van der Waals surface area contributed by atoms with Gasteiger partial charge in [-0.1, -0.05) is 35.5 Å². The average Bonchev–Trinajstić information content (AvgIpc) is 3.07. The summed E-state index contributed by atoms with van der Waals surface area (Å²) in [5, 5.41) is 12.5. The van der Waals surface area contributed by atoms with Crippen molar-refractivity contribution in [1.82, 2.24) is 20.2 Å². The summed E-state index contributed by atoms with van der Waals surface area (Å²) in [5.41, 5.74) is 5.75. The van der Waals surface area contributed by atoms with E-state index in [2.05, 4.69) is 15.5 Å². The second kappa shape index (κ2) is 7.92. The number of hydrogen-bond donors (Lipinski definition) is 0. The summed E-state index contributed by atoms with van der Waals surface area (Å²) in [6, 6.07) is 9.87. The van der Waals surface area contributed by atoms with Crippen LogP contribution in [0.5, 0.6) is 5.75 Å². The first-order valence-electron chi connectivity index (χ1n) is 8.58. The SMILES string of the molecule is COc1ccc(C)cc1-n1nnnc1SCC(=O)c1c(C)cc(C)cc1C. The van der Waals surface area contributed by atoms with Gasteiger partial charge < -0.3 is 4.74 Å². The molecule has 7 heteroatoms. The molecule has 3 aromatic rings. The number of carbonyl (C=O) groups is 1. The summed E-state index contributed by atoms with van der Waals surface area (Å²) in [5.74, 6) is 1.01. The molecule has 0 atom stereocenters. The van der Waals surface area contributed by atoms with Crippen LogP contribution in [0.1, 0.15) is 32.6 Å². The number of Topliss-reactive ketones (excluding diaryl/α,β-unsaturated/α-hetero) is 1. The van der Waals surface area contributed by atoms with E-state index in [9.17, 15) is 4.79 Å². The minimum absolute atomic E-state index is 0.0701. The van der Waals surface area contributed by atoms with Gasteiger partial charge in [0, 0.05) is 5.56 Å². The van der Waals surface area contributed by atoms with Crippen LogP contribution in [0.3, 0.4) is 0 Å². The van der Waals surface area contributed by atoms with Gasteiger partial charge in [0.25, 0.3) is 0 Å². The van der Waals surface area contributed by atoms with Crippen molar-refractivity contribution in [2.45, 2.75) is 32.9 Å². The third-order valence-electron chi connectivity index (χ3n) is 4.29. The van der Waals surface area contributed by atoms with Gasteiger partial charge >= 0.3 is 0 Å². The molecule has 0 aliphatic rings. The number of aryl methyl sites for hydroxylation is 4. The lowest BCUT2D eigenvalue weighted by Crippen LogP contribution is -2.09. The molecule has 1 aromatic heterocycles. The molecular weight excluding hydrogens is 360 g/mol. The van der Waals surface area contributed by atoms with Crippen LogP contribution >= 0.6 is 11.8 Å². The Morgan fingerprint density at radius 1 is 1.07 bits per heavy atom. The Bertz CT molecular complexity index is 974. The Morgan fingerprint density at radius 2 is 1.78 bits per heavy atom. The third kappa shape index (κ3) is 4.03. The van der Waals surface area contributed by atoms with E-state index in [1.165, 1.54) is 11.8 Å². The number of ketones is 1. The monoisotopic (exact) mass is 382 g/mol. The molecule has 0 bridgehead atoms. The smallest absolute Gasteiger partial charge is 0.214 e. The largest absolute Gasteiger partial charge is 0.494 e. The van der Waals surface area contributed by atoms with Crippen LogP contribution in [0, 0.1) is 27.7 Å². The lowest BCUT2D eigenvalue weighted by molar-refractivity contribution is 0.102. The number of methoxy groups -OCH3 is 1. The zero-order valence-corrected chi connectivity index (χ0v) is 16.9. The van der Waals surface area contributed by atoms with E-state index in [4.69, 9.17) is 4.74 Å². The number of tetrazole rings is 1. The minimum atomic E-state index is 0.0701. The van der Waals surface area contributed by atoms with Crippen molar-refractivity contribution in [3.05, 3.63) is 58.1 Å². The second-order valence-electron chi connectivity index (χ2n) is 6.53. The topological polar surface area (TPSA) is 69.9 Å². The molecule has 2 aromatic carbocycles. The molecular formula is C20H22N4O2S. The van der Waals surface area contributed by atoms with E-state index in [-0.39, 0.29) is 11.5 Å². The first-order chi connectivity index (χ1) is 12.9. The van der Waals surface area contributed by atoms with Crippen LogP contribution in [0.15, 0.2) is 35.5 Å². The van der Waals surface area contributed by atoms with E-state index in [1.54, 1.807) is 11.8 Å². The lowest BCUT2D eigenvalue weighted by Gasteiger charge is -2.11. The molecule has 0 spiro atoms. The maximum atomic E-state index is 12.8. The van der Waals surface area contributed by atoms with Crippen LogP contribution in [0.4, 0.5) is 0 Å². The maximum absolute atomic E-state index is 12.8. The van der Waals surface area contributed by atoms with Crippen molar-refractivity contribution in [1.29, 1.82) is 0 Å². The zero-order chi connectivity index (χ0) is 19.6. The van der Waals surface area contributed by atoms with E-state index >= 15 is 0 Å².